The molecule has 5 heteroatoms. The van der Waals surface area contributed by atoms with Crippen molar-refractivity contribution in [1.82, 2.24) is 5.32 Å². The first-order chi connectivity index (χ1) is 13.2. The summed E-state index contributed by atoms with van der Waals surface area (Å²) in [6.07, 6.45) is 3.94. The summed E-state index contributed by atoms with van der Waals surface area (Å²) in [5, 5.41) is 2.83. The van der Waals surface area contributed by atoms with E-state index in [9.17, 15) is 4.79 Å². The van der Waals surface area contributed by atoms with Crippen molar-refractivity contribution >= 4 is 11.9 Å². The fraction of sp³-hybridized carbons (Fsp3) is 0.364. The molecule has 5 nitrogen and oxygen atoms in total. The minimum absolute atomic E-state index is 0.00687. The van der Waals surface area contributed by atoms with Crippen LogP contribution in [0.2, 0.25) is 0 Å². The smallest absolute Gasteiger partial charge is 0.292 e. The minimum Gasteiger partial charge on any atom is -0.497 e. The fourth-order valence-electron chi connectivity index (χ4n) is 3.24. The number of methoxy groups -OCH3 is 1. The summed E-state index contributed by atoms with van der Waals surface area (Å²) < 4.78 is 10.9. The highest BCUT2D eigenvalue weighted by Gasteiger charge is 2.21. The number of hydrogen-bond donors (Lipinski definition) is 1. The number of nitrogens with one attached hydrogen (secondary N) is 1. The zero-order valence-electron chi connectivity index (χ0n) is 15.9. The third-order valence-electron chi connectivity index (χ3n) is 4.61. The molecule has 2 aromatic rings. The van der Waals surface area contributed by atoms with Gasteiger partial charge in [-0.3, -0.25) is 10.1 Å². The number of hydrogen-bond acceptors (Lipinski definition) is 4. The van der Waals surface area contributed by atoms with Crippen molar-refractivity contribution in [3.63, 3.8) is 0 Å². The van der Waals surface area contributed by atoms with Gasteiger partial charge in [0.05, 0.1) is 19.8 Å². The number of amides is 1. The van der Waals surface area contributed by atoms with E-state index in [1.807, 2.05) is 13.0 Å². The zero-order valence-corrected chi connectivity index (χ0v) is 15.9. The van der Waals surface area contributed by atoms with Crippen LogP contribution >= 0.6 is 0 Å². The molecule has 0 radical (unpaired) electrons. The second-order valence-corrected chi connectivity index (χ2v) is 6.58. The summed E-state index contributed by atoms with van der Waals surface area (Å²) in [6, 6.07) is 15.7. The molecule has 0 fully saturated rings. The summed E-state index contributed by atoms with van der Waals surface area (Å²) in [4.78, 5) is 17.4. The van der Waals surface area contributed by atoms with Crippen molar-refractivity contribution in [3.05, 3.63) is 65.2 Å². The van der Waals surface area contributed by atoms with E-state index in [0.29, 0.717) is 17.9 Å². The monoisotopic (exact) mass is 366 g/mol. The van der Waals surface area contributed by atoms with Crippen molar-refractivity contribution < 1.29 is 14.3 Å². The van der Waals surface area contributed by atoms with Crippen LogP contribution < -0.4 is 10.1 Å². The highest BCUT2D eigenvalue weighted by Crippen LogP contribution is 2.32. The minimum atomic E-state index is -0.257. The molecule has 1 aliphatic carbocycles. The van der Waals surface area contributed by atoms with Gasteiger partial charge in [-0.15, -0.1) is 0 Å². The molecular weight excluding hydrogens is 340 g/mol. The number of carbonyl (C=O) groups excluding carboxylic acids is 1. The van der Waals surface area contributed by atoms with E-state index in [0.717, 1.165) is 25.7 Å². The summed E-state index contributed by atoms with van der Waals surface area (Å²) in [5.41, 5.74) is 3.05. The van der Waals surface area contributed by atoms with E-state index in [2.05, 4.69) is 23.5 Å². The van der Waals surface area contributed by atoms with Crippen molar-refractivity contribution in [3.8, 4) is 5.75 Å². The molecule has 0 spiro atoms. The number of amidine groups is 1. The van der Waals surface area contributed by atoms with E-state index >= 15 is 0 Å². The molecule has 0 bridgehead atoms. The summed E-state index contributed by atoms with van der Waals surface area (Å²) in [6.45, 7) is 2.53. The Kier molecular flexibility index (Phi) is 6.47. The van der Waals surface area contributed by atoms with Crippen LogP contribution in [0.1, 0.15) is 53.7 Å². The molecule has 1 aliphatic rings. The van der Waals surface area contributed by atoms with Gasteiger partial charge >= 0.3 is 0 Å². The summed E-state index contributed by atoms with van der Waals surface area (Å²) in [7, 11) is 1.58. The molecule has 2 aromatic carbocycles. The van der Waals surface area contributed by atoms with Crippen LogP contribution in [0.5, 0.6) is 5.75 Å². The highest BCUT2D eigenvalue weighted by molar-refractivity contribution is 6.04. The van der Waals surface area contributed by atoms with Gasteiger partial charge in [-0.05, 0) is 55.0 Å². The van der Waals surface area contributed by atoms with Crippen molar-refractivity contribution in [1.29, 1.82) is 0 Å². The molecule has 0 aliphatic heterocycles. The van der Waals surface area contributed by atoms with Gasteiger partial charge in [0, 0.05) is 5.56 Å². The van der Waals surface area contributed by atoms with Crippen LogP contribution in [-0.4, -0.2) is 25.6 Å². The van der Waals surface area contributed by atoms with Gasteiger partial charge in [-0.1, -0.05) is 37.3 Å². The average molecular weight is 366 g/mol. The first-order valence-corrected chi connectivity index (χ1v) is 9.45. The van der Waals surface area contributed by atoms with Crippen LogP contribution in [0.3, 0.4) is 0 Å². The van der Waals surface area contributed by atoms with Crippen molar-refractivity contribution in [2.75, 3.05) is 13.7 Å². The molecular formula is C22H26N2O3. The molecule has 142 valence electrons. The lowest BCUT2D eigenvalue weighted by molar-refractivity contribution is 0.0964. The molecule has 1 amide bonds. The third-order valence-corrected chi connectivity index (χ3v) is 4.61. The van der Waals surface area contributed by atoms with Gasteiger partial charge in [-0.25, -0.2) is 4.99 Å². The highest BCUT2D eigenvalue weighted by atomic mass is 16.5. The van der Waals surface area contributed by atoms with Gasteiger partial charge in [0.25, 0.3) is 11.9 Å². The lowest BCUT2D eigenvalue weighted by atomic mass is 9.88. The maximum atomic E-state index is 12.6. The Bertz CT molecular complexity index is 817. The van der Waals surface area contributed by atoms with Crippen LogP contribution in [0.15, 0.2) is 53.5 Å². The standard InChI is InChI=1S/C22H26N2O3/c1-3-14-27-22(24-21(25)17-10-6-11-18(15-17)26-2)23-20-13-7-9-16-8-4-5-12-19(16)20/h4-6,8,10-12,15,20H,3,7,9,13-14H2,1-2H3,(H,23,24,25)/t20-/m0/s1. The van der Waals surface area contributed by atoms with Gasteiger partial charge in [0.1, 0.15) is 5.75 Å². The van der Waals surface area contributed by atoms with Gasteiger partial charge < -0.3 is 9.47 Å². The molecule has 0 unspecified atom stereocenters. The third kappa shape index (κ3) is 4.88. The summed E-state index contributed by atoms with van der Waals surface area (Å²) >= 11 is 0. The Labute approximate surface area is 160 Å². The Hall–Kier alpha value is -2.82. The Morgan fingerprint density at radius 3 is 2.89 bits per heavy atom. The first kappa shape index (κ1) is 19.0. The van der Waals surface area contributed by atoms with Gasteiger partial charge in [-0.2, -0.15) is 0 Å². The number of aliphatic imine (C=N–C) groups is 1. The second-order valence-electron chi connectivity index (χ2n) is 6.58. The molecule has 0 aromatic heterocycles. The summed E-state index contributed by atoms with van der Waals surface area (Å²) in [5.74, 6) is 0.379. The Morgan fingerprint density at radius 2 is 2.07 bits per heavy atom. The largest absolute Gasteiger partial charge is 0.497 e. The maximum Gasteiger partial charge on any atom is 0.292 e. The SMILES string of the molecule is CCCOC(=N[C@H]1CCCc2ccccc21)NC(=O)c1cccc(OC)c1. The average Bonchev–Trinajstić information content (AvgIpc) is 2.72. The number of ether oxygens (including phenoxy) is 2. The fourth-order valence-corrected chi connectivity index (χ4v) is 3.24. The Balaban J connectivity index is 1.81. The van der Waals surface area contributed by atoms with Crippen LogP contribution in [-0.2, 0) is 11.2 Å². The molecule has 3 rings (SSSR count). The molecule has 1 N–H and O–H groups in total. The zero-order chi connectivity index (χ0) is 19.1. The number of aryl methyl sites for hydroxylation is 1. The Morgan fingerprint density at radius 1 is 1.22 bits per heavy atom. The van der Waals surface area contributed by atoms with E-state index in [1.54, 1.807) is 31.4 Å². The molecule has 0 saturated heterocycles. The molecule has 1 atom stereocenters. The normalized spacial score (nSPS) is 16.4. The number of carbonyl (C=O) groups is 1. The lowest BCUT2D eigenvalue weighted by Crippen LogP contribution is -2.33. The van der Waals surface area contributed by atoms with E-state index in [1.165, 1.54) is 11.1 Å². The van der Waals surface area contributed by atoms with Crippen LogP contribution in [0, 0.1) is 0 Å². The molecule has 0 saturated carbocycles. The maximum absolute atomic E-state index is 12.6. The van der Waals surface area contributed by atoms with E-state index in [-0.39, 0.29) is 18.0 Å². The molecule has 27 heavy (non-hydrogen) atoms. The van der Waals surface area contributed by atoms with E-state index in [4.69, 9.17) is 14.5 Å². The van der Waals surface area contributed by atoms with Gasteiger partial charge in [0.2, 0.25) is 0 Å². The number of benzene rings is 2. The topological polar surface area (TPSA) is 59.9 Å². The second kappa shape index (κ2) is 9.21. The van der Waals surface area contributed by atoms with Crippen molar-refractivity contribution in [2.24, 2.45) is 4.99 Å². The van der Waals surface area contributed by atoms with Crippen molar-refractivity contribution in [2.45, 2.75) is 38.6 Å². The van der Waals surface area contributed by atoms with Gasteiger partial charge in [0.15, 0.2) is 0 Å². The van der Waals surface area contributed by atoms with Crippen LogP contribution in [0.4, 0.5) is 0 Å². The van der Waals surface area contributed by atoms with Crippen LogP contribution in [0.25, 0.3) is 0 Å². The number of rotatable bonds is 5. The quantitative estimate of drug-likeness (QED) is 0.634. The number of fused-ring (bicyclic) bond motifs is 1. The lowest BCUT2D eigenvalue weighted by Gasteiger charge is -2.23. The first-order valence-electron chi connectivity index (χ1n) is 9.45. The number of nitrogens with zero attached hydrogens (tertiary/aromatic N) is 1. The predicted octanol–water partition coefficient (Wildman–Crippen LogP) is 4.29. The van der Waals surface area contributed by atoms with E-state index < -0.39 is 0 Å². The predicted molar refractivity (Wildman–Crippen MR) is 106 cm³/mol. The molecule has 0 heterocycles.